The van der Waals surface area contributed by atoms with Crippen LogP contribution in [-0.2, 0) is 28.2 Å². The number of carbonyl (C=O) groups is 2. The molecule has 0 N–H and O–H groups in total. The Hall–Kier alpha value is -1.29. The molecule has 20 heavy (non-hydrogen) atoms. The quantitative estimate of drug-likeness (QED) is 0.282. The monoisotopic (exact) mass is 306 g/mol. The van der Waals surface area contributed by atoms with Gasteiger partial charge in [-0.05, 0) is 13.8 Å². The molecule has 0 aromatic heterocycles. The molecule has 0 aliphatic carbocycles. The van der Waals surface area contributed by atoms with Crippen molar-refractivity contribution in [3.8, 4) is 0 Å². The maximum atomic E-state index is 12.3. The first kappa shape index (κ1) is 18.7. The van der Waals surface area contributed by atoms with Crippen LogP contribution < -0.4 is 0 Å². The Morgan fingerprint density at radius 2 is 1.55 bits per heavy atom. The summed E-state index contributed by atoms with van der Waals surface area (Å²) in [7, 11) is -2.87. The molecular weight excluding hydrogens is 283 g/mol. The Morgan fingerprint density at radius 3 is 2.00 bits per heavy atom. The van der Waals surface area contributed by atoms with E-state index >= 15 is 0 Å². The smallest absolute Gasteiger partial charge is 0.334 e. The number of ether oxygens (including phenoxy) is 2. The molecule has 0 atom stereocenters. The minimum absolute atomic E-state index is 0.0222. The van der Waals surface area contributed by atoms with Crippen LogP contribution >= 0.6 is 7.37 Å². The van der Waals surface area contributed by atoms with Crippen molar-refractivity contribution < 1.29 is 28.2 Å². The first-order chi connectivity index (χ1) is 9.40. The molecule has 0 aliphatic heterocycles. The third-order valence-electron chi connectivity index (χ3n) is 2.44. The highest BCUT2D eigenvalue weighted by molar-refractivity contribution is 7.59. The van der Waals surface area contributed by atoms with Crippen molar-refractivity contribution in [2.45, 2.75) is 34.1 Å². The molecule has 0 rings (SSSR count). The summed E-state index contributed by atoms with van der Waals surface area (Å²) >= 11 is 0. The van der Waals surface area contributed by atoms with Crippen LogP contribution in [0.25, 0.3) is 0 Å². The number of carbonyl (C=O) groups excluding carboxylic acids is 2. The maximum Gasteiger partial charge on any atom is 0.334 e. The molecule has 0 amide bonds. The minimum atomic E-state index is -2.87. The maximum absolute atomic E-state index is 12.3. The average molecular weight is 306 g/mol. The second-order valence-electron chi connectivity index (χ2n) is 3.88. The van der Waals surface area contributed by atoms with Gasteiger partial charge in [0.15, 0.2) is 0 Å². The molecule has 7 heteroatoms. The van der Waals surface area contributed by atoms with E-state index in [0.717, 1.165) is 6.08 Å². The predicted molar refractivity (Wildman–Crippen MR) is 75.7 cm³/mol. The van der Waals surface area contributed by atoms with E-state index < -0.39 is 19.3 Å². The molecule has 0 radical (unpaired) electrons. The molecule has 0 aromatic carbocycles. The molecule has 0 saturated heterocycles. The summed E-state index contributed by atoms with van der Waals surface area (Å²) in [4.78, 5) is 22.9. The molecule has 116 valence electrons. The van der Waals surface area contributed by atoms with Crippen molar-refractivity contribution in [2.24, 2.45) is 0 Å². The highest BCUT2D eigenvalue weighted by Gasteiger charge is 2.23. The Kier molecular flexibility index (Phi) is 8.97. The van der Waals surface area contributed by atoms with Crippen LogP contribution in [0.2, 0.25) is 0 Å². The van der Waals surface area contributed by atoms with Crippen molar-refractivity contribution in [1.82, 2.24) is 0 Å². The lowest BCUT2D eigenvalue weighted by atomic mass is 10.3. The van der Waals surface area contributed by atoms with Gasteiger partial charge in [-0.2, -0.15) is 0 Å². The van der Waals surface area contributed by atoms with E-state index in [4.69, 9.17) is 14.0 Å². The molecule has 0 spiro atoms. The third-order valence-corrected chi connectivity index (χ3v) is 4.93. The van der Waals surface area contributed by atoms with E-state index in [1.165, 1.54) is 0 Å². The Morgan fingerprint density at radius 1 is 1.00 bits per heavy atom. The van der Waals surface area contributed by atoms with Gasteiger partial charge in [0.05, 0.1) is 19.3 Å². The molecule has 0 aliphatic rings. The molecule has 0 saturated carbocycles. The first-order valence-electron chi connectivity index (χ1n) is 6.71. The van der Waals surface area contributed by atoms with E-state index in [0.29, 0.717) is 12.3 Å². The van der Waals surface area contributed by atoms with Gasteiger partial charge in [0, 0.05) is 12.3 Å². The SMILES string of the molecule is CCOC(=O)C=C(CC(=O)OCC)OP(=O)(CC)CC. The fourth-order valence-electron chi connectivity index (χ4n) is 1.35. The molecule has 6 nitrogen and oxygen atoms in total. The normalized spacial score (nSPS) is 11.9. The van der Waals surface area contributed by atoms with Crippen LogP contribution in [0.3, 0.4) is 0 Å². The number of rotatable bonds is 9. The van der Waals surface area contributed by atoms with Crippen molar-refractivity contribution in [3.63, 3.8) is 0 Å². The summed E-state index contributed by atoms with van der Waals surface area (Å²) in [5, 5.41) is 0. The summed E-state index contributed by atoms with van der Waals surface area (Å²) < 4.78 is 27.2. The molecule has 0 fully saturated rings. The third kappa shape index (κ3) is 7.34. The fraction of sp³-hybridized carbons (Fsp3) is 0.692. The Bertz CT molecular complexity index is 394. The Labute approximate surface area is 119 Å². The fourth-order valence-corrected chi connectivity index (χ4v) is 2.60. The summed E-state index contributed by atoms with van der Waals surface area (Å²) in [6.07, 6.45) is 1.47. The highest BCUT2D eigenvalue weighted by Crippen LogP contribution is 2.48. The zero-order chi connectivity index (χ0) is 15.6. The molecule has 0 heterocycles. The summed E-state index contributed by atoms with van der Waals surface area (Å²) in [6, 6.07) is 0. The predicted octanol–water partition coefficient (Wildman–Crippen LogP) is 2.72. The first-order valence-corrected chi connectivity index (χ1v) is 8.70. The highest BCUT2D eigenvalue weighted by atomic mass is 31.2. The van der Waals surface area contributed by atoms with E-state index in [1.54, 1.807) is 27.7 Å². The van der Waals surface area contributed by atoms with Crippen molar-refractivity contribution >= 4 is 19.3 Å². The minimum Gasteiger partial charge on any atom is -0.466 e. The van der Waals surface area contributed by atoms with Gasteiger partial charge in [-0.3, -0.25) is 9.36 Å². The van der Waals surface area contributed by atoms with Crippen LogP contribution in [0.15, 0.2) is 11.8 Å². The van der Waals surface area contributed by atoms with E-state index in [2.05, 4.69) is 0 Å². The number of hydrogen-bond donors (Lipinski definition) is 0. The van der Waals surface area contributed by atoms with Gasteiger partial charge in [-0.15, -0.1) is 0 Å². The van der Waals surface area contributed by atoms with Gasteiger partial charge in [0.1, 0.15) is 12.2 Å². The van der Waals surface area contributed by atoms with Gasteiger partial charge >= 0.3 is 11.9 Å². The zero-order valence-electron chi connectivity index (χ0n) is 12.5. The molecular formula is C13H23O6P. The van der Waals surface area contributed by atoms with Crippen molar-refractivity contribution in [3.05, 3.63) is 11.8 Å². The lowest BCUT2D eigenvalue weighted by Gasteiger charge is -2.18. The van der Waals surface area contributed by atoms with Gasteiger partial charge in [-0.1, -0.05) is 13.8 Å². The van der Waals surface area contributed by atoms with Crippen molar-refractivity contribution in [1.29, 1.82) is 0 Å². The van der Waals surface area contributed by atoms with Gasteiger partial charge < -0.3 is 14.0 Å². The van der Waals surface area contributed by atoms with E-state index in [1.807, 2.05) is 0 Å². The summed E-state index contributed by atoms with van der Waals surface area (Å²) in [6.45, 7) is 7.25. The average Bonchev–Trinajstić information content (AvgIpc) is 2.38. The van der Waals surface area contributed by atoms with Crippen LogP contribution in [0.1, 0.15) is 34.1 Å². The van der Waals surface area contributed by atoms with Crippen LogP contribution in [0.5, 0.6) is 0 Å². The second kappa shape index (κ2) is 9.59. The molecule has 0 aromatic rings. The summed E-state index contributed by atoms with van der Waals surface area (Å²) in [5.41, 5.74) is 0. The standard InChI is InChI=1S/C13H23O6P/c1-5-17-12(14)9-11(10-13(15)18-6-2)19-20(16,7-3)8-4/h9H,5-8,10H2,1-4H3. The topological polar surface area (TPSA) is 78.9 Å². The lowest BCUT2D eigenvalue weighted by molar-refractivity contribution is -0.142. The van der Waals surface area contributed by atoms with Crippen LogP contribution in [-0.4, -0.2) is 37.5 Å². The lowest BCUT2D eigenvalue weighted by Crippen LogP contribution is -2.10. The van der Waals surface area contributed by atoms with Gasteiger partial charge in [-0.25, -0.2) is 4.79 Å². The van der Waals surface area contributed by atoms with E-state index in [9.17, 15) is 14.2 Å². The van der Waals surface area contributed by atoms with Gasteiger partial charge in [0.2, 0.25) is 7.37 Å². The van der Waals surface area contributed by atoms with Crippen LogP contribution in [0.4, 0.5) is 0 Å². The largest absolute Gasteiger partial charge is 0.466 e. The van der Waals surface area contributed by atoms with Gasteiger partial charge in [0.25, 0.3) is 0 Å². The summed E-state index contributed by atoms with van der Waals surface area (Å²) in [5.74, 6) is -1.15. The number of esters is 2. The molecule has 0 unspecified atom stereocenters. The van der Waals surface area contributed by atoms with Crippen LogP contribution in [0, 0.1) is 0 Å². The molecule has 0 bridgehead atoms. The zero-order valence-corrected chi connectivity index (χ0v) is 13.4. The Balaban J connectivity index is 5.01. The number of hydrogen-bond acceptors (Lipinski definition) is 6. The van der Waals surface area contributed by atoms with E-state index in [-0.39, 0.29) is 25.4 Å². The van der Waals surface area contributed by atoms with Crippen molar-refractivity contribution in [2.75, 3.05) is 25.5 Å². The second-order valence-corrected chi connectivity index (χ2v) is 6.96.